The summed E-state index contributed by atoms with van der Waals surface area (Å²) in [7, 11) is 0. The van der Waals surface area contributed by atoms with E-state index in [2.05, 4.69) is 16.2 Å². The van der Waals surface area contributed by atoms with Crippen LogP contribution >= 0.6 is 11.9 Å². The normalized spacial score (nSPS) is 5.50. The van der Waals surface area contributed by atoms with Gasteiger partial charge < -0.3 is 9.40 Å². The summed E-state index contributed by atoms with van der Waals surface area (Å²) in [6, 6.07) is 0. The summed E-state index contributed by atoms with van der Waals surface area (Å²) in [4.78, 5) is 9.01. The second-order valence-electron chi connectivity index (χ2n) is 0.343. The minimum Gasteiger partial charge on any atom is -0.449 e. The molecular weight excluding hydrogens is 203 g/mol. The van der Waals surface area contributed by atoms with E-state index in [4.69, 9.17) is 9.90 Å². The van der Waals surface area contributed by atoms with Crippen molar-refractivity contribution in [3.8, 4) is 0 Å². The van der Waals surface area contributed by atoms with E-state index in [1.54, 1.807) is 0 Å². The molecule has 0 rings (SSSR count). The van der Waals surface area contributed by atoms with Crippen LogP contribution in [0.25, 0.3) is 0 Å². The molecule has 0 aliphatic carbocycles. The van der Waals surface area contributed by atoms with Crippen molar-refractivity contribution in [3.05, 3.63) is 0 Å². The predicted molar refractivity (Wildman–Crippen MR) is 15.0 cm³/mol. The molecule has 0 atom stereocenters. The largest absolute Gasteiger partial charge is 0.524 e. The van der Waals surface area contributed by atoms with Gasteiger partial charge in [-0.2, -0.15) is 0 Å². The summed E-state index contributed by atoms with van der Waals surface area (Å²) in [6.07, 6.45) is -1.48. The Balaban J connectivity index is 0. The van der Waals surface area contributed by atoms with Crippen LogP contribution in [0.15, 0.2) is 0 Å². The van der Waals surface area contributed by atoms with Gasteiger partial charge in [-0.1, -0.05) is 0 Å². The minimum absolute atomic E-state index is 0. The monoisotopic (exact) mass is 203 g/mol. The van der Waals surface area contributed by atoms with Gasteiger partial charge in [0, 0.05) is 22.4 Å². The summed E-state index contributed by atoms with van der Waals surface area (Å²) in [5, 5.41) is 7.37. The van der Waals surface area contributed by atoms with E-state index in [1.165, 1.54) is 0 Å². The third kappa shape index (κ3) is 8.85. The van der Waals surface area contributed by atoms with Crippen LogP contribution in [0, 0.1) is 0 Å². The zero-order valence-corrected chi connectivity index (χ0v) is 4.68. The summed E-state index contributed by atoms with van der Waals surface area (Å²) >= 11 is 4.24. The van der Waals surface area contributed by atoms with Crippen molar-refractivity contribution in [1.29, 1.82) is 0 Å². The number of carboxylic acid groups (broad SMARTS) is 1. The second-order valence-corrected chi connectivity index (χ2v) is 0.497. The van der Waals surface area contributed by atoms with Crippen LogP contribution in [0.4, 0.5) is 4.79 Å². The first kappa shape index (κ1) is 9.57. The third-order valence-corrected chi connectivity index (χ3v) is 0.198. The molecule has 0 aliphatic rings. The molecule has 0 bridgehead atoms. The number of hydrogen-bond donors (Lipinski definition) is 1. The Hall–Kier alpha value is 0.300. The maximum absolute atomic E-state index is 9.01. The first-order valence-electron chi connectivity index (χ1n) is 0.786. The van der Waals surface area contributed by atoms with Crippen molar-refractivity contribution < 1.29 is 36.6 Å². The fourth-order valence-corrected chi connectivity index (χ4v) is 0. The molecule has 0 amide bonds. The smallest absolute Gasteiger partial charge is 0.449 e. The predicted octanol–water partition coefficient (Wildman–Crippen LogP) is 0.832. The standard InChI is InChI=1S/CHClO3.Ag/c2-5-1(3)4;/h(H,3,4);. The summed E-state index contributed by atoms with van der Waals surface area (Å²) < 4.78 is 3.14. The Morgan fingerprint density at radius 1 is 1.83 bits per heavy atom. The van der Waals surface area contributed by atoms with Crippen LogP contribution in [0.5, 0.6) is 0 Å². The van der Waals surface area contributed by atoms with Gasteiger partial charge >= 0.3 is 6.16 Å². The molecule has 1 radical (unpaired) electrons. The van der Waals surface area contributed by atoms with Crippen LogP contribution < -0.4 is 0 Å². The fraction of sp³-hybridized carbons (Fsp3) is 0. The van der Waals surface area contributed by atoms with Gasteiger partial charge in [-0.3, -0.25) is 0 Å². The first-order valence-corrected chi connectivity index (χ1v) is 1.09. The SMILES string of the molecule is O=C(O)OCl.[Ag]. The van der Waals surface area contributed by atoms with Crippen molar-refractivity contribution in [2.75, 3.05) is 0 Å². The van der Waals surface area contributed by atoms with Crippen molar-refractivity contribution in [3.63, 3.8) is 0 Å². The van der Waals surface area contributed by atoms with Crippen LogP contribution in [-0.2, 0) is 26.7 Å². The Kier molecular flexibility index (Phi) is 8.45. The molecule has 0 fully saturated rings. The molecule has 0 aromatic heterocycles. The summed E-state index contributed by atoms with van der Waals surface area (Å²) in [5.41, 5.74) is 0. The van der Waals surface area contributed by atoms with Gasteiger partial charge in [0.05, 0.1) is 0 Å². The molecule has 0 aromatic rings. The van der Waals surface area contributed by atoms with Gasteiger partial charge in [-0.05, 0) is 0 Å². The average Bonchev–Trinajstić information content (AvgIpc) is 1.38. The van der Waals surface area contributed by atoms with Crippen LogP contribution in [0.2, 0.25) is 0 Å². The van der Waals surface area contributed by atoms with Crippen LogP contribution in [-0.4, -0.2) is 11.3 Å². The molecule has 0 aromatic carbocycles. The molecular formula is CHAgClO3. The van der Waals surface area contributed by atoms with E-state index < -0.39 is 6.16 Å². The minimum atomic E-state index is -1.48. The topological polar surface area (TPSA) is 46.5 Å². The zero-order chi connectivity index (χ0) is 4.28. The second kappa shape index (κ2) is 5.30. The average molecular weight is 204 g/mol. The quantitative estimate of drug-likeness (QED) is 0.595. The van der Waals surface area contributed by atoms with Crippen molar-refractivity contribution >= 4 is 18.0 Å². The molecule has 3 nitrogen and oxygen atoms in total. The van der Waals surface area contributed by atoms with Crippen molar-refractivity contribution in [2.45, 2.75) is 0 Å². The van der Waals surface area contributed by atoms with Gasteiger partial charge in [0.2, 0.25) is 0 Å². The number of halogens is 1. The Labute approximate surface area is 54.9 Å². The number of hydrogen-bond acceptors (Lipinski definition) is 2. The molecule has 0 saturated carbocycles. The third-order valence-electron chi connectivity index (χ3n) is 0.0660. The molecule has 0 saturated heterocycles. The molecule has 0 aliphatic heterocycles. The molecule has 5 heteroatoms. The molecule has 0 unspecified atom stereocenters. The van der Waals surface area contributed by atoms with E-state index in [1.807, 2.05) is 0 Å². The summed E-state index contributed by atoms with van der Waals surface area (Å²) in [5.74, 6) is 0. The molecule has 6 heavy (non-hydrogen) atoms. The molecule has 41 valence electrons. The summed E-state index contributed by atoms with van der Waals surface area (Å²) in [6.45, 7) is 0. The van der Waals surface area contributed by atoms with E-state index in [0.29, 0.717) is 0 Å². The van der Waals surface area contributed by atoms with E-state index in [0.717, 1.165) is 0 Å². The number of carbonyl (C=O) groups is 1. The first-order chi connectivity index (χ1) is 2.27. The van der Waals surface area contributed by atoms with Gasteiger partial charge in [0.1, 0.15) is 11.9 Å². The molecule has 0 spiro atoms. The zero-order valence-electron chi connectivity index (χ0n) is 2.44. The van der Waals surface area contributed by atoms with E-state index >= 15 is 0 Å². The van der Waals surface area contributed by atoms with Crippen molar-refractivity contribution in [2.24, 2.45) is 0 Å². The van der Waals surface area contributed by atoms with Crippen LogP contribution in [0.1, 0.15) is 0 Å². The van der Waals surface area contributed by atoms with Crippen LogP contribution in [0.3, 0.4) is 0 Å². The van der Waals surface area contributed by atoms with Gasteiger partial charge in [-0.25, -0.2) is 4.79 Å². The Bertz CT molecular complexity index is 46.1. The molecule has 0 heterocycles. The maximum atomic E-state index is 9.01. The van der Waals surface area contributed by atoms with E-state index in [-0.39, 0.29) is 22.4 Å². The van der Waals surface area contributed by atoms with Gasteiger partial charge in [-0.15, -0.1) is 0 Å². The van der Waals surface area contributed by atoms with Gasteiger partial charge in [0.25, 0.3) is 0 Å². The van der Waals surface area contributed by atoms with Gasteiger partial charge in [0.15, 0.2) is 0 Å². The molecule has 1 N–H and O–H groups in total. The Morgan fingerprint density at radius 2 is 2.00 bits per heavy atom. The van der Waals surface area contributed by atoms with Crippen molar-refractivity contribution in [1.82, 2.24) is 0 Å². The van der Waals surface area contributed by atoms with E-state index in [9.17, 15) is 0 Å². The Morgan fingerprint density at radius 3 is 2.00 bits per heavy atom. The number of rotatable bonds is 0. The fourth-order valence-electron chi connectivity index (χ4n) is 0. The maximum Gasteiger partial charge on any atom is 0.524 e.